The summed E-state index contributed by atoms with van der Waals surface area (Å²) in [6.45, 7) is 2.11. The summed E-state index contributed by atoms with van der Waals surface area (Å²) in [4.78, 5) is 1.18. The molecule has 0 fully saturated rings. The smallest absolute Gasteiger partial charge is 0.126 e. The van der Waals surface area contributed by atoms with Gasteiger partial charge >= 0.3 is 0 Å². The molecule has 1 atom stereocenters. The molecule has 0 bridgehead atoms. The highest BCUT2D eigenvalue weighted by atomic mass is 79.9. The van der Waals surface area contributed by atoms with Crippen molar-refractivity contribution in [1.82, 2.24) is 5.43 Å². The molecule has 0 saturated heterocycles. The zero-order valence-corrected chi connectivity index (χ0v) is 13.0. The number of rotatable bonds is 5. The minimum Gasteiger partial charge on any atom is -0.271 e. The van der Waals surface area contributed by atoms with Crippen molar-refractivity contribution >= 4 is 27.3 Å². The first-order chi connectivity index (χ1) is 9.15. The molecule has 0 aliphatic carbocycles. The second-order valence-electron chi connectivity index (χ2n) is 4.32. The Hall–Kier alpha value is -0.750. The van der Waals surface area contributed by atoms with Crippen LogP contribution >= 0.6 is 27.3 Å². The molecule has 2 aromatic rings. The summed E-state index contributed by atoms with van der Waals surface area (Å²) in [5, 5.41) is 2.05. The number of halogens is 2. The van der Waals surface area contributed by atoms with E-state index in [4.69, 9.17) is 5.84 Å². The monoisotopic (exact) mass is 342 g/mol. The minimum atomic E-state index is -0.196. The lowest BCUT2D eigenvalue weighted by Gasteiger charge is -2.17. The van der Waals surface area contributed by atoms with Crippen LogP contribution in [0.4, 0.5) is 4.39 Å². The Bertz CT molecular complexity index is 556. The highest BCUT2D eigenvalue weighted by Crippen LogP contribution is 2.28. The Morgan fingerprint density at radius 2 is 2.16 bits per heavy atom. The van der Waals surface area contributed by atoms with E-state index >= 15 is 0 Å². The van der Waals surface area contributed by atoms with E-state index in [1.54, 1.807) is 23.5 Å². The van der Waals surface area contributed by atoms with Crippen molar-refractivity contribution < 1.29 is 4.39 Å². The van der Waals surface area contributed by atoms with Gasteiger partial charge in [-0.25, -0.2) is 4.39 Å². The van der Waals surface area contributed by atoms with Crippen molar-refractivity contribution in [2.24, 2.45) is 5.84 Å². The van der Waals surface area contributed by atoms with Crippen LogP contribution in [0, 0.1) is 5.82 Å². The standard InChI is InChI=1S/C14H16BrFN2S/c1-2-9-5-6-19-14(9)13(18-17)8-10-7-11(15)3-4-12(10)16/h3-7,13,18H,2,8,17H2,1H3. The van der Waals surface area contributed by atoms with Gasteiger partial charge in [-0.1, -0.05) is 22.9 Å². The SMILES string of the molecule is CCc1ccsc1C(Cc1cc(Br)ccc1F)NN. The summed E-state index contributed by atoms with van der Waals surface area (Å²) >= 11 is 5.03. The van der Waals surface area contributed by atoms with Crippen molar-refractivity contribution in [1.29, 1.82) is 0 Å². The molecule has 0 amide bonds. The summed E-state index contributed by atoms with van der Waals surface area (Å²) in [7, 11) is 0. The third-order valence-corrected chi connectivity index (χ3v) is 4.68. The number of benzene rings is 1. The molecule has 1 unspecified atom stereocenters. The zero-order valence-electron chi connectivity index (χ0n) is 10.6. The van der Waals surface area contributed by atoms with Crippen LogP contribution in [0.2, 0.25) is 0 Å². The molecule has 0 aliphatic heterocycles. The molecular formula is C14H16BrFN2S. The number of nitrogens with two attached hydrogens (primary N) is 1. The average molecular weight is 343 g/mol. The molecule has 0 saturated carbocycles. The van der Waals surface area contributed by atoms with Crippen LogP contribution in [0.3, 0.4) is 0 Å². The summed E-state index contributed by atoms with van der Waals surface area (Å²) in [5.74, 6) is 5.45. The highest BCUT2D eigenvalue weighted by Gasteiger charge is 2.17. The van der Waals surface area contributed by atoms with Crippen molar-refractivity contribution in [2.45, 2.75) is 25.8 Å². The van der Waals surface area contributed by atoms with Crippen LogP contribution in [0.15, 0.2) is 34.1 Å². The molecule has 0 radical (unpaired) electrons. The van der Waals surface area contributed by atoms with Crippen molar-refractivity contribution in [2.75, 3.05) is 0 Å². The topological polar surface area (TPSA) is 38.0 Å². The quantitative estimate of drug-likeness (QED) is 0.637. The number of nitrogens with one attached hydrogen (secondary N) is 1. The third kappa shape index (κ3) is 3.42. The lowest BCUT2D eigenvalue weighted by Crippen LogP contribution is -2.29. The van der Waals surface area contributed by atoms with E-state index in [9.17, 15) is 4.39 Å². The summed E-state index contributed by atoms with van der Waals surface area (Å²) in [6.07, 6.45) is 1.49. The summed E-state index contributed by atoms with van der Waals surface area (Å²) in [5.41, 5.74) is 4.73. The first-order valence-corrected chi connectivity index (χ1v) is 7.79. The van der Waals surface area contributed by atoms with Gasteiger partial charge in [0.1, 0.15) is 5.82 Å². The first kappa shape index (κ1) is 14.7. The van der Waals surface area contributed by atoms with E-state index in [0.29, 0.717) is 12.0 Å². The average Bonchev–Trinajstić information content (AvgIpc) is 2.88. The van der Waals surface area contributed by atoms with Crippen molar-refractivity contribution in [3.63, 3.8) is 0 Å². The van der Waals surface area contributed by atoms with Gasteiger partial charge in [-0.2, -0.15) is 0 Å². The highest BCUT2D eigenvalue weighted by molar-refractivity contribution is 9.10. The third-order valence-electron chi connectivity index (χ3n) is 3.11. The second kappa shape index (κ2) is 6.61. The predicted molar refractivity (Wildman–Crippen MR) is 81.6 cm³/mol. The molecule has 5 heteroatoms. The number of hydrogen-bond donors (Lipinski definition) is 2. The zero-order chi connectivity index (χ0) is 13.8. The molecule has 0 aliphatic rings. The Kier molecular flexibility index (Phi) is 5.10. The number of hydrogen-bond acceptors (Lipinski definition) is 3. The van der Waals surface area contributed by atoms with Gasteiger partial charge in [-0.3, -0.25) is 11.3 Å². The lowest BCUT2D eigenvalue weighted by molar-refractivity contribution is 0.532. The molecule has 1 aromatic carbocycles. The maximum Gasteiger partial charge on any atom is 0.126 e. The van der Waals surface area contributed by atoms with E-state index in [-0.39, 0.29) is 11.9 Å². The molecular weight excluding hydrogens is 327 g/mol. The van der Waals surface area contributed by atoms with E-state index in [0.717, 1.165) is 10.9 Å². The summed E-state index contributed by atoms with van der Waals surface area (Å²) in [6, 6.07) is 7.02. The van der Waals surface area contributed by atoms with Gasteiger partial charge in [0.15, 0.2) is 0 Å². The predicted octanol–water partition coefficient (Wildman–Crippen LogP) is 3.96. The fraction of sp³-hybridized carbons (Fsp3) is 0.286. The van der Waals surface area contributed by atoms with E-state index in [1.165, 1.54) is 16.5 Å². The number of thiophene rings is 1. The van der Waals surface area contributed by atoms with E-state index in [2.05, 4.69) is 39.7 Å². The van der Waals surface area contributed by atoms with Crippen LogP contribution < -0.4 is 11.3 Å². The van der Waals surface area contributed by atoms with Crippen LogP contribution in [0.5, 0.6) is 0 Å². The molecule has 2 rings (SSSR count). The normalized spacial score (nSPS) is 12.6. The van der Waals surface area contributed by atoms with Crippen LogP contribution in [-0.4, -0.2) is 0 Å². The molecule has 2 nitrogen and oxygen atoms in total. The second-order valence-corrected chi connectivity index (χ2v) is 6.19. The largest absolute Gasteiger partial charge is 0.271 e. The molecule has 1 aromatic heterocycles. The lowest BCUT2D eigenvalue weighted by atomic mass is 10.0. The Labute approximate surface area is 124 Å². The first-order valence-electron chi connectivity index (χ1n) is 6.12. The number of hydrazine groups is 1. The van der Waals surface area contributed by atoms with Gasteiger partial charge in [-0.05, 0) is 53.6 Å². The molecule has 19 heavy (non-hydrogen) atoms. The Balaban J connectivity index is 2.26. The maximum atomic E-state index is 13.8. The fourth-order valence-corrected chi connectivity index (χ4v) is 3.56. The molecule has 0 spiro atoms. The van der Waals surface area contributed by atoms with Crippen LogP contribution in [0.1, 0.15) is 29.0 Å². The van der Waals surface area contributed by atoms with Gasteiger partial charge in [0.25, 0.3) is 0 Å². The van der Waals surface area contributed by atoms with E-state index in [1.807, 2.05) is 0 Å². The minimum absolute atomic E-state index is 0.0567. The van der Waals surface area contributed by atoms with Gasteiger partial charge in [0.05, 0.1) is 6.04 Å². The van der Waals surface area contributed by atoms with Crippen LogP contribution in [-0.2, 0) is 12.8 Å². The summed E-state index contributed by atoms with van der Waals surface area (Å²) < 4.78 is 14.7. The molecule has 1 heterocycles. The Morgan fingerprint density at radius 3 is 2.84 bits per heavy atom. The van der Waals surface area contributed by atoms with Gasteiger partial charge < -0.3 is 0 Å². The van der Waals surface area contributed by atoms with Gasteiger partial charge in [-0.15, -0.1) is 11.3 Å². The van der Waals surface area contributed by atoms with E-state index < -0.39 is 0 Å². The van der Waals surface area contributed by atoms with Crippen LogP contribution in [0.25, 0.3) is 0 Å². The van der Waals surface area contributed by atoms with Crippen molar-refractivity contribution in [3.05, 3.63) is 55.9 Å². The van der Waals surface area contributed by atoms with Gasteiger partial charge in [0.2, 0.25) is 0 Å². The maximum absolute atomic E-state index is 13.8. The molecule has 3 N–H and O–H groups in total. The number of aryl methyl sites for hydroxylation is 1. The Morgan fingerprint density at radius 1 is 1.37 bits per heavy atom. The van der Waals surface area contributed by atoms with Gasteiger partial charge in [0, 0.05) is 9.35 Å². The molecule has 102 valence electrons. The van der Waals surface area contributed by atoms with Crippen molar-refractivity contribution in [3.8, 4) is 0 Å². The fourth-order valence-electron chi connectivity index (χ4n) is 2.09.